The van der Waals surface area contributed by atoms with Gasteiger partial charge in [0.1, 0.15) is 23.4 Å². The average Bonchev–Trinajstić information content (AvgIpc) is 2.72. The molecule has 1 aliphatic heterocycles. The molecule has 1 atom stereocenters. The molecule has 0 fully saturated rings. The number of rotatable bonds is 7. The highest BCUT2D eigenvalue weighted by Gasteiger charge is 2.37. The minimum Gasteiger partial charge on any atom is -0.494 e. The minimum atomic E-state index is -1.26. The van der Waals surface area contributed by atoms with E-state index < -0.39 is 35.1 Å². The molecule has 0 saturated carbocycles. The van der Waals surface area contributed by atoms with E-state index in [2.05, 4.69) is 5.32 Å². The highest BCUT2D eigenvalue weighted by atomic mass is 19.1. The number of nitrogens with one attached hydrogen (secondary N) is 1. The average molecular weight is 462 g/mol. The Kier molecular flexibility index (Phi) is 7.22. The summed E-state index contributed by atoms with van der Waals surface area (Å²) in [6.45, 7) is 5.82. The zero-order chi connectivity index (χ0) is 24.3. The van der Waals surface area contributed by atoms with Gasteiger partial charge in [-0.1, -0.05) is 19.9 Å². The number of hydrogen-bond donors (Lipinski definition) is 2. The molecule has 0 radical (unpaired) electrons. The first kappa shape index (κ1) is 24.4. The number of halogens is 2. The highest BCUT2D eigenvalue weighted by Crippen LogP contribution is 2.35. The van der Waals surface area contributed by atoms with E-state index in [4.69, 9.17) is 9.47 Å². The van der Waals surface area contributed by atoms with Gasteiger partial charge in [0, 0.05) is 30.3 Å². The number of carboxylic acid groups (broad SMARTS) is 1. The number of ether oxygens (including phenoxy) is 2. The van der Waals surface area contributed by atoms with E-state index in [1.165, 1.54) is 7.11 Å². The van der Waals surface area contributed by atoms with Crippen LogP contribution in [-0.4, -0.2) is 48.9 Å². The topological polar surface area (TPSA) is 88.1 Å². The third-order valence-electron chi connectivity index (χ3n) is 5.64. The Balaban J connectivity index is 1.93. The summed E-state index contributed by atoms with van der Waals surface area (Å²) in [4.78, 5) is 26.0. The van der Waals surface area contributed by atoms with E-state index in [0.717, 1.165) is 22.6 Å². The third-order valence-corrected chi connectivity index (χ3v) is 5.64. The summed E-state index contributed by atoms with van der Waals surface area (Å²) in [7, 11) is 1.44. The van der Waals surface area contributed by atoms with Gasteiger partial charge in [0.15, 0.2) is 0 Å². The van der Waals surface area contributed by atoms with Crippen LogP contribution in [0.5, 0.6) is 5.75 Å². The normalized spacial score (nSPS) is 15.7. The summed E-state index contributed by atoms with van der Waals surface area (Å²) in [5.41, 5.74) is 0.110. The van der Waals surface area contributed by atoms with E-state index >= 15 is 0 Å². The van der Waals surface area contributed by atoms with Crippen LogP contribution in [-0.2, 0) is 21.4 Å². The summed E-state index contributed by atoms with van der Waals surface area (Å²) >= 11 is 0. The second-order valence-corrected chi connectivity index (χ2v) is 8.54. The lowest BCUT2D eigenvalue weighted by Gasteiger charge is -2.34. The Hall–Kier alpha value is -3.20. The SMILES string of the molecule is CCOc1ccc2c(c1)CCN(C(=O)O)[C@@H]2C(=O)Nc1cc(F)c(C(C)(C)COC)c(F)c1. The van der Waals surface area contributed by atoms with Crippen molar-refractivity contribution in [3.63, 3.8) is 0 Å². The van der Waals surface area contributed by atoms with Crippen molar-refractivity contribution in [3.05, 3.63) is 58.7 Å². The van der Waals surface area contributed by atoms with E-state index in [9.17, 15) is 23.5 Å². The lowest BCUT2D eigenvalue weighted by atomic mass is 9.84. The molecule has 2 N–H and O–H groups in total. The second-order valence-electron chi connectivity index (χ2n) is 8.54. The first-order valence-electron chi connectivity index (χ1n) is 10.6. The lowest BCUT2D eigenvalue weighted by molar-refractivity contribution is -0.121. The Morgan fingerprint density at radius 2 is 1.88 bits per heavy atom. The Labute approximate surface area is 191 Å². The number of methoxy groups -OCH3 is 1. The molecule has 1 aliphatic rings. The van der Waals surface area contributed by atoms with Gasteiger partial charge >= 0.3 is 6.09 Å². The van der Waals surface area contributed by atoms with Crippen molar-refractivity contribution in [2.75, 3.05) is 32.2 Å². The molecular formula is C24H28F2N2O5. The van der Waals surface area contributed by atoms with Crippen LogP contribution in [0.1, 0.15) is 43.5 Å². The van der Waals surface area contributed by atoms with Gasteiger partial charge in [-0.15, -0.1) is 0 Å². The predicted molar refractivity (Wildman–Crippen MR) is 119 cm³/mol. The summed E-state index contributed by atoms with van der Waals surface area (Å²) in [5, 5.41) is 12.1. The van der Waals surface area contributed by atoms with E-state index in [-0.39, 0.29) is 24.4 Å². The Bertz CT molecular complexity index is 1030. The van der Waals surface area contributed by atoms with Gasteiger partial charge in [0.05, 0.1) is 13.2 Å². The summed E-state index contributed by atoms with van der Waals surface area (Å²) < 4.78 is 40.2. The quantitative estimate of drug-likeness (QED) is 0.633. The zero-order valence-corrected chi connectivity index (χ0v) is 19.1. The molecule has 2 aromatic rings. The van der Waals surface area contributed by atoms with Gasteiger partial charge in [0.25, 0.3) is 5.91 Å². The molecule has 2 amide bonds. The maximum atomic E-state index is 14.8. The van der Waals surface area contributed by atoms with Crippen molar-refractivity contribution in [2.45, 2.75) is 38.6 Å². The van der Waals surface area contributed by atoms with Crippen molar-refractivity contribution in [3.8, 4) is 5.75 Å². The van der Waals surface area contributed by atoms with Gasteiger partial charge < -0.3 is 19.9 Å². The summed E-state index contributed by atoms with van der Waals surface area (Å²) in [5.74, 6) is -1.73. The molecule has 0 unspecified atom stereocenters. The molecule has 0 spiro atoms. The zero-order valence-electron chi connectivity index (χ0n) is 19.1. The van der Waals surface area contributed by atoms with Crippen LogP contribution in [0, 0.1) is 11.6 Å². The Morgan fingerprint density at radius 1 is 1.21 bits per heavy atom. The first-order valence-corrected chi connectivity index (χ1v) is 10.6. The van der Waals surface area contributed by atoms with Crippen LogP contribution in [0.2, 0.25) is 0 Å². The Morgan fingerprint density at radius 3 is 2.45 bits per heavy atom. The number of carbonyl (C=O) groups excluding carboxylic acids is 1. The predicted octanol–water partition coefficient (Wildman–Crippen LogP) is 4.50. The van der Waals surface area contributed by atoms with Crippen LogP contribution in [0.15, 0.2) is 30.3 Å². The first-order chi connectivity index (χ1) is 15.6. The van der Waals surface area contributed by atoms with E-state index in [1.807, 2.05) is 6.92 Å². The van der Waals surface area contributed by atoms with E-state index in [0.29, 0.717) is 24.3 Å². The van der Waals surface area contributed by atoms with Gasteiger partial charge in [-0.05, 0) is 48.7 Å². The number of amides is 2. The number of carbonyl (C=O) groups is 2. The van der Waals surface area contributed by atoms with Crippen LogP contribution in [0.25, 0.3) is 0 Å². The molecule has 9 heteroatoms. The molecule has 1 heterocycles. The number of nitrogens with zero attached hydrogens (tertiary/aromatic N) is 1. The molecule has 0 aliphatic carbocycles. The highest BCUT2D eigenvalue weighted by molar-refractivity contribution is 5.97. The second kappa shape index (κ2) is 9.74. The molecule has 2 aromatic carbocycles. The number of fused-ring (bicyclic) bond motifs is 1. The number of hydrogen-bond acceptors (Lipinski definition) is 4. The molecule has 0 saturated heterocycles. The van der Waals surface area contributed by atoms with Crippen molar-refractivity contribution in [1.82, 2.24) is 4.90 Å². The van der Waals surface area contributed by atoms with Crippen molar-refractivity contribution >= 4 is 17.7 Å². The fourth-order valence-corrected chi connectivity index (χ4v) is 4.28. The monoisotopic (exact) mass is 462 g/mol. The molecule has 0 bridgehead atoms. The largest absolute Gasteiger partial charge is 0.494 e. The summed E-state index contributed by atoms with van der Waals surface area (Å²) in [6.07, 6.45) is -0.845. The van der Waals surface area contributed by atoms with Crippen LogP contribution < -0.4 is 10.1 Å². The molecule has 178 valence electrons. The van der Waals surface area contributed by atoms with Gasteiger partial charge in [0.2, 0.25) is 0 Å². The van der Waals surface area contributed by atoms with Gasteiger partial charge in [-0.3, -0.25) is 9.69 Å². The van der Waals surface area contributed by atoms with E-state index in [1.54, 1.807) is 32.0 Å². The molecule has 7 nitrogen and oxygen atoms in total. The van der Waals surface area contributed by atoms with Crippen molar-refractivity contribution in [2.24, 2.45) is 0 Å². The third kappa shape index (κ3) is 5.08. The van der Waals surface area contributed by atoms with Crippen LogP contribution in [0.4, 0.5) is 19.3 Å². The standard InChI is InChI=1S/C24H28F2N2O5/c1-5-33-16-6-7-17-14(10-16)8-9-28(23(30)31)21(17)22(29)27-15-11-18(25)20(19(26)12-15)24(2,3)13-32-4/h6-7,10-12,21H,5,8-9,13H2,1-4H3,(H,27,29)(H,30,31)/t21-/m0/s1. The lowest BCUT2D eigenvalue weighted by Crippen LogP contribution is -2.44. The molecule has 3 rings (SSSR count). The summed E-state index contributed by atoms with van der Waals surface area (Å²) in [6, 6.07) is 5.99. The molecular weight excluding hydrogens is 434 g/mol. The van der Waals surface area contributed by atoms with Crippen LogP contribution >= 0.6 is 0 Å². The molecule has 0 aromatic heterocycles. The van der Waals surface area contributed by atoms with Crippen molar-refractivity contribution in [1.29, 1.82) is 0 Å². The maximum Gasteiger partial charge on any atom is 0.408 e. The number of benzene rings is 2. The fourth-order valence-electron chi connectivity index (χ4n) is 4.28. The maximum absolute atomic E-state index is 14.8. The van der Waals surface area contributed by atoms with Crippen molar-refractivity contribution < 1.29 is 33.0 Å². The smallest absolute Gasteiger partial charge is 0.408 e. The molecule has 33 heavy (non-hydrogen) atoms. The number of anilines is 1. The minimum absolute atomic E-state index is 0.0999. The fraction of sp³-hybridized carbons (Fsp3) is 0.417. The van der Waals surface area contributed by atoms with Crippen LogP contribution in [0.3, 0.4) is 0 Å². The van der Waals surface area contributed by atoms with Gasteiger partial charge in [-0.25, -0.2) is 13.6 Å². The van der Waals surface area contributed by atoms with Gasteiger partial charge in [-0.2, -0.15) is 0 Å².